The van der Waals surface area contributed by atoms with Crippen LogP contribution in [-0.4, -0.2) is 53.8 Å². The van der Waals surface area contributed by atoms with Crippen molar-refractivity contribution in [3.05, 3.63) is 28.7 Å². The molecule has 1 aromatic heterocycles. The third kappa shape index (κ3) is 4.30. The van der Waals surface area contributed by atoms with Crippen molar-refractivity contribution in [2.24, 2.45) is 11.8 Å². The Morgan fingerprint density at radius 2 is 1.84 bits per heavy atom. The van der Waals surface area contributed by atoms with Crippen LogP contribution in [0.2, 0.25) is 0 Å². The van der Waals surface area contributed by atoms with Gasteiger partial charge in [-0.3, -0.25) is 9.36 Å². The van der Waals surface area contributed by atoms with Gasteiger partial charge in [0.25, 0.3) is 0 Å². The molecule has 9 heteroatoms. The van der Waals surface area contributed by atoms with E-state index >= 15 is 0 Å². The molecule has 0 aliphatic carbocycles. The van der Waals surface area contributed by atoms with Gasteiger partial charge in [-0.2, -0.15) is 4.31 Å². The molecule has 2 aliphatic heterocycles. The second kappa shape index (κ2) is 8.43. The van der Waals surface area contributed by atoms with Crippen molar-refractivity contribution in [3.8, 4) is 0 Å². The van der Waals surface area contributed by atoms with Crippen LogP contribution in [0.3, 0.4) is 0 Å². The molecule has 2 saturated heterocycles. The van der Waals surface area contributed by atoms with E-state index in [2.05, 4.69) is 13.8 Å². The number of aromatic nitrogens is 1. The monoisotopic (exact) mass is 449 g/mol. The number of hydrogen-bond acceptors (Lipinski definition) is 5. The molecule has 31 heavy (non-hydrogen) atoms. The highest BCUT2D eigenvalue weighted by Gasteiger charge is 2.32. The fourth-order valence-electron chi connectivity index (χ4n) is 5.00. The van der Waals surface area contributed by atoms with E-state index in [1.54, 1.807) is 6.07 Å². The van der Waals surface area contributed by atoms with Crippen LogP contribution in [0, 0.1) is 11.8 Å². The number of nitrogens with zero attached hydrogens (tertiary/aromatic N) is 3. The topological polar surface area (TPSA) is 92.8 Å². The standard InChI is InChI=1S/C22H31N3O5S/c1-15-10-16(2)13-23(12-15)31(28,29)18-7-8-19-20(11-18)30-22(27)25(19)14-21(26)24-9-5-4-6-17(24)3/h7-8,11,15-17H,4-6,9-10,12-14H2,1-3H3/t15-,16-,17-/m0/s1. The van der Waals surface area contributed by atoms with E-state index in [9.17, 15) is 18.0 Å². The van der Waals surface area contributed by atoms with Gasteiger partial charge < -0.3 is 9.32 Å². The van der Waals surface area contributed by atoms with Crippen molar-refractivity contribution in [3.63, 3.8) is 0 Å². The molecule has 3 heterocycles. The lowest BCUT2D eigenvalue weighted by Gasteiger charge is -2.34. The zero-order valence-corrected chi connectivity index (χ0v) is 19.2. The molecule has 0 radical (unpaired) electrons. The van der Waals surface area contributed by atoms with E-state index in [-0.39, 0.29) is 29.0 Å². The minimum Gasteiger partial charge on any atom is -0.408 e. The molecule has 2 aliphatic rings. The van der Waals surface area contributed by atoms with Crippen LogP contribution in [0.15, 0.2) is 32.3 Å². The van der Waals surface area contributed by atoms with Gasteiger partial charge in [0, 0.05) is 31.7 Å². The molecule has 0 N–H and O–H groups in total. The number of carbonyl (C=O) groups is 1. The summed E-state index contributed by atoms with van der Waals surface area (Å²) in [6.07, 6.45) is 4.03. The number of sulfonamides is 1. The van der Waals surface area contributed by atoms with Gasteiger partial charge in [0.15, 0.2) is 5.58 Å². The number of amides is 1. The SMILES string of the molecule is C[C@H]1C[C@H](C)CN(S(=O)(=O)c2ccc3c(c2)oc(=O)n3CC(=O)N2CCCC[C@@H]2C)C1. The molecule has 0 spiro atoms. The Morgan fingerprint density at radius 1 is 1.13 bits per heavy atom. The van der Waals surface area contributed by atoms with Crippen LogP contribution >= 0.6 is 0 Å². The van der Waals surface area contributed by atoms with Gasteiger partial charge in [-0.1, -0.05) is 13.8 Å². The van der Waals surface area contributed by atoms with Gasteiger partial charge in [-0.15, -0.1) is 0 Å². The molecule has 170 valence electrons. The Bertz CT molecular complexity index is 1130. The maximum Gasteiger partial charge on any atom is 0.420 e. The number of benzene rings is 1. The van der Waals surface area contributed by atoms with E-state index < -0.39 is 15.8 Å². The molecule has 0 saturated carbocycles. The summed E-state index contributed by atoms with van der Waals surface area (Å²) in [5.74, 6) is -0.179. The summed E-state index contributed by atoms with van der Waals surface area (Å²) in [7, 11) is -3.68. The lowest BCUT2D eigenvalue weighted by Crippen LogP contribution is -2.44. The molecule has 1 aromatic carbocycles. The smallest absolute Gasteiger partial charge is 0.408 e. The molecule has 2 aromatic rings. The molecule has 0 bridgehead atoms. The molecule has 2 fully saturated rings. The molecule has 4 rings (SSSR count). The predicted molar refractivity (Wildman–Crippen MR) is 117 cm³/mol. The number of piperidine rings is 2. The predicted octanol–water partition coefficient (Wildman–Crippen LogP) is 2.66. The first-order chi connectivity index (χ1) is 14.7. The molecule has 1 amide bonds. The quantitative estimate of drug-likeness (QED) is 0.715. The minimum atomic E-state index is -3.68. The van der Waals surface area contributed by atoms with E-state index in [0.29, 0.717) is 37.0 Å². The van der Waals surface area contributed by atoms with Gasteiger partial charge in [-0.25, -0.2) is 13.2 Å². The van der Waals surface area contributed by atoms with Gasteiger partial charge in [-0.05, 0) is 56.6 Å². The van der Waals surface area contributed by atoms with Crippen molar-refractivity contribution in [1.82, 2.24) is 13.8 Å². The fraction of sp³-hybridized carbons (Fsp3) is 0.636. The van der Waals surface area contributed by atoms with Gasteiger partial charge in [0.05, 0.1) is 10.4 Å². The van der Waals surface area contributed by atoms with Crippen LogP contribution in [0.1, 0.15) is 46.5 Å². The number of likely N-dealkylation sites (tertiary alicyclic amines) is 1. The van der Waals surface area contributed by atoms with E-state index in [4.69, 9.17) is 4.42 Å². The number of oxazole rings is 1. The van der Waals surface area contributed by atoms with Crippen molar-refractivity contribution in [1.29, 1.82) is 0 Å². The summed E-state index contributed by atoms with van der Waals surface area (Å²) in [5.41, 5.74) is 0.617. The van der Waals surface area contributed by atoms with E-state index in [1.807, 2.05) is 11.8 Å². The number of fused-ring (bicyclic) bond motifs is 1. The Hall–Kier alpha value is -2.13. The van der Waals surface area contributed by atoms with E-state index in [0.717, 1.165) is 25.7 Å². The molecule has 0 unspecified atom stereocenters. The van der Waals surface area contributed by atoms with Crippen molar-refractivity contribution >= 4 is 27.0 Å². The summed E-state index contributed by atoms with van der Waals surface area (Å²) in [6, 6.07) is 4.62. The highest BCUT2D eigenvalue weighted by molar-refractivity contribution is 7.89. The van der Waals surface area contributed by atoms with Crippen molar-refractivity contribution in [2.75, 3.05) is 19.6 Å². The summed E-state index contributed by atoms with van der Waals surface area (Å²) in [6.45, 7) is 7.69. The minimum absolute atomic E-state index is 0.108. The van der Waals surface area contributed by atoms with Gasteiger partial charge in [0.2, 0.25) is 15.9 Å². The molecular formula is C22H31N3O5S. The third-order valence-corrected chi connectivity index (χ3v) is 8.36. The van der Waals surface area contributed by atoms with Crippen LogP contribution in [0.5, 0.6) is 0 Å². The Balaban J connectivity index is 1.61. The first-order valence-electron chi connectivity index (χ1n) is 11.1. The number of rotatable bonds is 4. The zero-order valence-electron chi connectivity index (χ0n) is 18.4. The number of carbonyl (C=O) groups excluding carboxylic acids is 1. The van der Waals surface area contributed by atoms with E-state index in [1.165, 1.54) is 21.0 Å². The summed E-state index contributed by atoms with van der Waals surface area (Å²) >= 11 is 0. The van der Waals surface area contributed by atoms with Gasteiger partial charge >= 0.3 is 5.76 Å². The fourth-order valence-corrected chi connectivity index (χ4v) is 6.70. The first kappa shape index (κ1) is 22.1. The summed E-state index contributed by atoms with van der Waals surface area (Å²) in [5, 5.41) is 0. The highest BCUT2D eigenvalue weighted by atomic mass is 32.2. The highest BCUT2D eigenvalue weighted by Crippen LogP contribution is 2.28. The van der Waals surface area contributed by atoms with Crippen LogP contribution in [0.4, 0.5) is 0 Å². The largest absolute Gasteiger partial charge is 0.420 e. The zero-order chi connectivity index (χ0) is 22.3. The van der Waals surface area contributed by atoms with Crippen molar-refractivity contribution < 1.29 is 17.6 Å². The Labute approximate surface area is 182 Å². The first-order valence-corrected chi connectivity index (χ1v) is 12.5. The average molecular weight is 450 g/mol. The summed E-state index contributed by atoms with van der Waals surface area (Å²) in [4.78, 5) is 27.2. The lowest BCUT2D eigenvalue weighted by molar-refractivity contribution is -0.135. The van der Waals surface area contributed by atoms with Crippen LogP contribution in [-0.2, 0) is 21.4 Å². The van der Waals surface area contributed by atoms with Crippen molar-refractivity contribution in [2.45, 2.75) is 63.9 Å². The second-order valence-electron chi connectivity index (χ2n) is 9.28. The normalized spacial score (nSPS) is 25.8. The second-order valence-corrected chi connectivity index (χ2v) is 11.2. The lowest BCUT2D eigenvalue weighted by atomic mass is 9.94. The Morgan fingerprint density at radius 3 is 2.52 bits per heavy atom. The maximum absolute atomic E-state index is 13.2. The Kier molecular flexibility index (Phi) is 6.00. The average Bonchev–Trinajstić information content (AvgIpc) is 3.02. The molecule has 3 atom stereocenters. The van der Waals surface area contributed by atoms with Crippen LogP contribution in [0.25, 0.3) is 11.1 Å². The number of hydrogen-bond donors (Lipinski definition) is 0. The molecular weight excluding hydrogens is 418 g/mol. The third-order valence-electron chi connectivity index (χ3n) is 6.53. The van der Waals surface area contributed by atoms with Gasteiger partial charge in [0.1, 0.15) is 6.54 Å². The molecule has 8 nitrogen and oxygen atoms in total. The van der Waals surface area contributed by atoms with Crippen LogP contribution < -0.4 is 5.76 Å². The maximum atomic E-state index is 13.2. The summed E-state index contributed by atoms with van der Waals surface area (Å²) < 4.78 is 34.5.